The third-order valence-corrected chi connectivity index (χ3v) is 9.80. The third-order valence-electron chi connectivity index (χ3n) is 9.80. The second-order valence-corrected chi connectivity index (χ2v) is 15.8. The monoisotopic (exact) mass is 654 g/mol. The maximum Gasteiger partial charge on any atom is 0.163 e. The number of hydrogen-bond donors (Lipinski definition) is 0. The molecule has 3 aromatic heterocycles. The van der Waals surface area contributed by atoms with Crippen LogP contribution < -0.4 is 0 Å². The largest absolute Gasteiger partial charge is 0.455 e. The normalized spacial score (nSPS) is 12.5. The Bertz CT molecular complexity index is 2600. The lowest BCUT2D eigenvalue weighted by Crippen LogP contribution is -2.24. The van der Waals surface area contributed by atoms with Crippen LogP contribution in [-0.4, -0.2) is 19.9 Å². The van der Waals surface area contributed by atoms with Crippen LogP contribution in [0.1, 0.15) is 69.9 Å². The van der Waals surface area contributed by atoms with E-state index in [2.05, 4.69) is 147 Å². The summed E-state index contributed by atoms with van der Waals surface area (Å²) in [5.41, 5.74) is 10.0. The summed E-state index contributed by atoms with van der Waals surface area (Å²) in [6.07, 6.45) is 1.98. The van der Waals surface area contributed by atoms with Gasteiger partial charge in [0.05, 0.1) is 5.69 Å². The second-order valence-electron chi connectivity index (χ2n) is 15.8. The molecule has 5 heteroatoms. The van der Waals surface area contributed by atoms with Gasteiger partial charge in [-0.15, -0.1) is 0 Å². The molecule has 3 heterocycles. The zero-order valence-corrected chi connectivity index (χ0v) is 30.4. The molecule has 0 unspecified atom stereocenters. The van der Waals surface area contributed by atoms with Crippen molar-refractivity contribution in [2.24, 2.45) is 0 Å². The van der Waals surface area contributed by atoms with E-state index < -0.39 is 0 Å². The van der Waals surface area contributed by atoms with Crippen LogP contribution in [0.3, 0.4) is 0 Å². The summed E-state index contributed by atoms with van der Waals surface area (Å²) in [5.74, 6) is 2.34. The van der Waals surface area contributed by atoms with Crippen molar-refractivity contribution >= 4 is 43.5 Å². The molecule has 5 aromatic carbocycles. The van der Waals surface area contributed by atoms with Gasteiger partial charge in [0.1, 0.15) is 22.8 Å². The number of benzene rings is 5. The number of furan rings is 1. The summed E-state index contributed by atoms with van der Waals surface area (Å²) in [6, 6.07) is 30.3. The lowest BCUT2D eigenvalue weighted by molar-refractivity contribution is 0.497. The number of aryl methyl sites for hydroxylation is 3. The van der Waals surface area contributed by atoms with Crippen LogP contribution in [-0.2, 0) is 10.8 Å². The minimum Gasteiger partial charge on any atom is -0.455 e. The van der Waals surface area contributed by atoms with Crippen LogP contribution in [0.2, 0.25) is 0 Å². The van der Waals surface area contributed by atoms with Crippen molar-refractivity contribution in [1.29, 1.82) is 0 Å². The topological polar surface area (TPSA) is 64.7 Å². The fraction of sp³-hybridized carbons (Fsp3) is 0.244. The summed E-state index contributed by atoms with van der Waals surface area (Å²) in [4.78, 5) is 19.8. The number of rotatable bonds is 3. The Balaban J connectivity index is 1.26. The van der Waals surface area contributed by atoms with Gasteiger partial charge in [0, 0.05) is 38.9 Å². The average molecular weight is 655 g/mol. The molecule has 248 valence electrons. The van der Waals surface area contributed by atoms with Gasteiger partial charge >= 0.3 is 0 Å². The number of nitrogens with zero attached hydrogens (tertiary/aromatic N) is 4. The van der Waals surface area contributed by atoms with Crippen molar-refractivity contribution < 1.29 is 4.42 Å². The van der Waals surface area contributed by atoms with Gasteiger partial charge in [-0.1, -0.05) is 96.1 Å². The van der Waals surface area contributed by atoms with Crippen molar-refractivity contribution in [1.82, 2.24) is 19.9 Å². The Morgan fingerprint density at radius 3 is 1.92 bits per heavy atom. The lowest BCUT2D eigenvalue weighted by atomic mass is 9.90. The lowest BCUT2D eigenvalue weighted by Gasteiger charge is -2.23. The van der Waals surface area contributed by atoms with E-state index in [0.717, 1.165) is 78.5 Å². The molecule has 8 rings (SSSR count). The van der Waals surface area contributed by atoms with E-state index in [-0.39, 0.29) is 10.8 Å². The standard InChI is InChI=1S/C45H42N4O/c1-25-21-29(41-47-42(44(4,5)6)49-43(48-41)45(7,8)9)22-26(2)38(25)35-23-36(46-24-27(35)3)33-15-12-16-34-39-32-18-17-28-13-10-11-14-30(28)31(32)19-20-37(39)50-40(33)34/h10-24H,1-9H3. The molecule has 0 amide bonds. The molecule has 0 radical (unpaired) electrons. The van der Waals surface area contributed by atoms with Crippen LogP contribution in [0, 0.1) is 20.8 Å². The van der Waals surface area contributed by atoms with Gasteiger partial charge in [0.25, 0.3) is 0 Å². The minimum atomic E-state index is -0.198. The van der Waals surface area contributed by atoms with Crippen LogP contribution in [0.15, 0.2) is 95.5 Å². The summed E-state index contributed by atoms with van der Waals surface area (Å²) in [7, 11) is 0. The molecule has 0 saturated carbocycles. The molecule has 0 N–H and O–H groups in total. The van der Waals surface area contributed by atoms with Gasteiger partial charge in [-0.25, -0.2) is 15.0 Å². The van der Waals surface area contributed by atoms with Gasteiger partial charge in [-0.05, 0) is 100 Å². The summed E-state index contributed by atoms with van der Waals surface area (Å²) in [6.45, 7) is 19.4. The number of fused-ring (bicyclic) bond motifs is 7. The Hall–Kier alpha value is -5.42. The Morgan fingerprint density at radius 2 is 1.22 bits per heavy atom. The molecule has 50 heavy (non-hydrogen) atoms. The number of hydrogen-bond acceptors (Lipinski definition) is 5. The minimum absolute atomic E-state index is 0.198. The molecule has 5 nitrogen and oxygen atoms in total. The molecule has 0 aliphatic carbocycles. The van der Waals surface area contributed by atoms with E-state index in [4.69, 9.17) is 24.4 Å². The van der Waals surface area contributed by atoms with Crippen LogP contribution >= 0.6 is 0 Å². The zero-order valence-electron chi connectivity index (χ0n) is 30.4. The van der Waals surface area contributed by atoms with E-state index in [1.54, 1.807) is 0 Å². The van der Waals surface area contributed by atoms with Crippen LogP contribution in [0.5, 0.6) is 0 Å². The van der Waals surface area contributed by atoms with Gasteiger partial charge in [-0.2, -0.15) is 0 Å². The Morgan fingerprint density at radius 1 is 0.560 bits per heavy atom. The van der Waals surface area contributed by atoms with E-state index in [1.165, 1.54) is 27.1 Å². The van der Waals surface area contributed by atoms with E-state index in [1.807, 2.05) is 6.20 Å². The first-order valence-corrected chi connectivity index (χ1v) is 17.4. The summed E-state index contributed by atoms with van der Waals surface area (Å²) in [5, 5.41) is 7.15. The highest BCUT2D eigenvalue weighted by Crippen LogP contribution is 2.42. The molecule has 0 aliphatic heterocycles. The van der Waals surface area contributed by atoms with E-state index in [9.17, 15) is 0 Å². The highest BCUT2D eigenvalue weighted by molar-refractivity contribution is 6.24. The van der Waals surface area contributed by atoms with Gasteiger partial charge < -0.3 is 4.42 Å². The van der Waals surface area contributed by atoms with E-state index in [0.29, 0.717) is 0 Å². The van der Waals surface area contributed by atoms with Crippen molar-refractivity contribution in [2.45, 2.75) is 73.1 Å². The van der Waals surface area contributed by atoms with E-state index >= 15 is 0 Å². The van der Waals surface area contributed by atoms with Gasteiger partial charge in [0.15, 0.2) is 5.82 Å². The molecule has 0 aliphatic rings. The van der Waals surface area contributed by atoms with Crippen molar-refractivity contribution in [3.05, 3.63) is 119 Å². The number of para-hydroxylation sites is 1. The number of aromatic nitrogens is 4. The molecule has 0 bridgehead atoms. The van der Waals surface area contributed by atoms with Crippen molar-refractivity contribution in [3.8, 4) is 33.8 Å². The first-order valence-electron chi connectivity index (χ1n) is 17.4. The fourth-order valence-electron chi connectivity index (χ4n) is 7.22. The first kappa shape index (κ1) is 31.8. The molecular weight excluding hydrogens is 613 g/mol. The molecular formula is C45H42N4O. The van der Waals surface area contributed by atoms with Gasteiger partial charge in [-0.3, -0.25) is 4.98 Å². The zero-order chi connectivity index (χ0) is 35.1. The smallest absolute Gasteiger partial charge is 0.163 e. The predicted octanol–water partition coefficient (Wildman–Crippen LogP) is 12.0. The second kappa shape index (κ2) is 11.3. The van der Waals surface area contributed by atoms with Crippen molar-refractivity contribution in [3.63, 3.8) is 0 Å². The van der Waals surface area contributed by atoms with Crippen LogP contribution in [0.25, 0.3) is 77.3 Å². The highest BCUT2D eigenvalue weighted by Gasteiger charge is 2.26. The average Bonchev–Trinajstić information content (AvgIpc) is 3.47. The third kappa shape index (κ3) is 5.24. The fourth-order valence-corrected chi connectivity index (χ4v) is 7.22. The SMILES string of the molecule is Cc1cnc(-c2cccc3c2oc2ccc4c5ccccc5ccc4c23)cc1-c1c(C)cc(-c2nc(C(C)(C)C)nc(C(C)(C)C)n2)cc1C. The Labute approximate surface area is 293 Å². The molecule has 0 fully saturated rings. The predicted molar refractivity (Wildman–Crippen MR) is 208 cm³/mol. The molecule has 8 aromatic rings. The molecule has 0 spiro atoms. The Kier molecular flexibility index (Phi) is 7.20. The molecule has 0 atom stereocenters. The number of pyridine rings is 1. The van der Waals surface area contributed by atoms with Crippen LogP contribution in [0.4, 0.5) is 0 Å². The molecule has 0 saturated heterocycles. The summed E-state index contributed by atoms with van der Waals surface area (Å²) >= 11 is 0. The highest BCUT2D eigenvalue weighted by atomic mass is 16.3. The first-order chi connectivity index (χ1) is 23.8. The quantitative estimate of drug-likeness (QED) is 0.177. The maximum absolute atomic E-state index is 6.65. The van der Waals surface area contributed by atoms with Gasteiger partial charge in [0.2, 0.25) is 0 Å². The van der Waals surface area contributed by atoms with Crippen molar-refractivity contribution in [2.75, 3.05) is 0 Å². The summed E-state index contributed by atoms with van der Waals surface area (Å²) < 4.78 is 6.65. The maximum atomic E-state index is 6.65.